The molecule has 0 spiro atoms. The lowest BCUT2D eigenvalue weighted by molar-refractivity contribution is 0.414. The molecule has 0 amide bonds. The van der Waals surface area contributed by atoms with Gasteiger partial charge in [-0.2, -0.15) is 0 Å². The molecule has 1 unspecified atom stereocenters. The molecule has 108 valence electrons. The molecule has 0 aliphatic heterocycles. The summed E-state index contributed by atoms with van der Waals surface area (Å²) in [7, 11) is 0.505. The van der Waals surface area contributed by atoms with Gasteiger partial charge in [-0.25, -0.2) is 0 Å². The molecular formula is C15H19NO3S. The van der Waals surface area contributed by atoms with Crippen molar-refractivity contribution in [1.82, 2.24) is 5.32 Å². The fourth-order valence-corrected chi connectivity index (χ4v) is 2.80. The van der Waals surface area contributed by atoms with E-state index in [0.29, 0.717) is 12.3 Å². The monoisotopic (exact) mass is 293 g/mol. The Morgan fingerprint density at radius 1 is 1.15 bits per heavy atom. The molecule has 1 N–H and O–H groups in total. The van der Waals surface area contributed by atoms with E-state index in [9.17, 15) is 4.21 Å². The van der Waals surface area contributed by atoms with Gasteiger partial charge >= 0.3 is 0 Å². The van der Waals surface area contributed by atoms with Crippen molar-refractivity contribution in [3.05, 3.63) is 47.9 Å². The molecule has 0 aliphatic carbocycles. The normalized spacial score (nSPS) is 12.3. The second-order valence-electron chi connectivity index (χ2n) is 4.31. The van der Waals surface area contributed by atoms with Crippen molar-refractivity contribution in [2.75, 3.05) is 13.7 Å². The molecule has 20 heavy (non-hydrogen) atoms. The average molecular weight is 293 g/mol. The average Bonchev–Trinajstić information content (AvgIpc) is 2.92. The van der Waals surface area contributed by atoms with Crippen LogP contribution in [0.5, 0.6) is 5.75 Å². The predicted molar refractivity (Wildman–Crippen MR) is 79.2 cm³/mol. The maximum absolute atomic E-state index is 12.2. The van der Waals surface area contributed by atoms with Crippen molar-refractivity contribution in [3.8, 4) is 5.75 Å². The van der Waals surface area contributed by atoms with Gasteiger partial charge in [-0.05, 0) is 42.9 Å². The molecule has 4 nitrogen and oxygen atoms in total. The highest BCUT2D eigenvalue weighted by molar-refractivity contribution is 7.84. The summed E-state index contributed by atoms with van der Waals surface area (Å²) < 4.78 is 23.0. The SMILES string of the molecule is CCNCc1ccc(CS(=O)c2ccc(OC)cc2)o1. The van der Waals surface area contributed by atoms with Gasteiger partial charge in [-0.15, -0.1) is 0 Å². The van der Waals surface area contributed by atoms with Gasteiger partial charge in [0.25, 0.3) is 0 Å². The Kier molecular flexibility index (Phi) is 5.38. The summed E-state index contributed by atoms with van der Waals surface area (Å²) in [5.74, 6) is 2.76. The minimum absolute atomic E-state index is 0.387. The molecule has 1 aromatic heterocycles. The van der Waals surface area contributed by atoms with E-state index in [1.54, 1.807) is 7.11 Å². The van der Waals surface area contributed by atoms with Gasteiger partial charge in [0.05, 0.1) is 30.2 Å². The fraction of sp³-hybridized carbons (Fsp3) is 0.333. The van der Waals surface area contributed by atoms with Crippen LogP contribution in [0, 0.1) is 0 Å². The number of furan rings is 1. The van der Waals surface area contributed by atoms with E-state index in [1.807, 2.05) is 43.3 Å². The van der Waals surface area contributed by atoms with Crippen molar-refractivity contribution < 1.29 is 13.4 Å². The molecule has 1 heterocycles. The topological polar surface area (TPSA) is 51.5 Å². The summed E-state index contributed by atoms with van der Waals surface area (Å²) >= 11 is 0. The highest BCUT2D eigenvalue weighted by atomic mass is 32.2. The van der Waals surface area contributed by atoms with Gasteiger partial charge in [0.1, 0.15) is 17.3 Å². The summed E-state index contributed by atoms with van der Waals surface area (Å²) in [5, 5.41) is 3.19. The first-order chi connectivity index (χ1) is 9.72. The third-order valence-electron chi connectivity index (χ3n) is 2.86. The van der Waals surface area contributed by atoms with E-state index >= 15 is 0 Å². The zero-order valence-corrected chi connectivity index (χ0v) is 12.5. The molecule has 0 saturated heterocycles. The molecule has 1 aromatic carbocycles. The summed E-state index contributed by atoms with van der Waals surface area (Å²) in [6, 6.07) is 11.1. The molecule has 1 atom stereocenters. The summed E-state index contributed by atoms with van der Waals surface area (Å²) in [6.07, 6.45) is 0. The highest BCUT2D eigenvalue weighted by Crippen LogP contribution is 2.18. The molecule has 5 heteroatoms. The van der Waals surface area contributed by atoms with Crippen molar-refractivity contribution in [2.24, 2.45) is 0 Å². The van der Waals surface area contributed by atoms with Crippen LogP contribution >= 0.6 is 0 Å². The second kappa shape index (κ2) is 7.26. The minimum Gasteiger partial charge on any atom is -0.497 e. The first-order valence-corrected chi connectivity index (χ1v) is 7.85. The van der Waals surface area contributed by atoms with Crippen molar-refractivity contribution in [1.29, 1.82) is 0 Å². The van der Waals surface area contributed by atoms with Gasteiger partial charge in [0.2, 0.25) is 0 Å². The highest BCUT2D eigenvalue weighted by Gasteiger charge is 2.09. The molecule has 2 aromatic rings. The van der Waals surface area contributed by atoms with Crippen LogP contribution in [0.1, 0.15) is 18.4 Å². The number of hydrogen-bond donors (Lipinski definition) is 1. The third kappa shape index (κ3) is 3.95. The van der Waals surface area contributed by atoms with Crippen LogP contribution in [0.3, 0.4) is 0 Å². The van der Waals surface area contributed by atoms with E-state index < -0.39 is 10.8 Å². The lowest BCUT2D eigenvalue weighted by Gasteiger charge is -2.03. The van der Waals surface area contributed by atoms with Crippen LogP contribution in [0.4, 0.5) is 0 Å². The largest absolute Gasteiger partial charge is 0.497 e. The standard InChI is InChI=1S/C15H19NO3S/c1-3-16-10-13-4-5-14(19-13)11-20(17)15-8-6-12(18-2)7-9-15/h4-9,16H,3,10-11H2,1-2H3. The van der Waals surface area contributed by atoms with Crippen LogP contribution < -0.4 is 10.1 Å². The van der Waals surface area contributed by atoms with Crippen molar-refractivity contribution in [2.45, 2.75) is 24.1 Å². The molecule has 0 radical (unpaired) electrons. The Balaban J connectivity index is 1.97. The fourth-order valence-electron chi connectivity index (χ4n) is 1.78. The number of methoxy groups -OCH3 is 1. The van der Waals surface area contributed by atoms with Crippen LogP contribution in [0.2, 0.25) is 0 Å². The first kappa shape index (κ1) is 14.8. The summed E-state index contributed by atoms with van der Waals surface area (Å²) in [6.45, 7) is 3.64. The van der Waals surface area contributed by atoms with Crippen LogP contribution in [0.15, 0.2) is 45.7 Å². The van der Waals surface area contributed by atoms with Gasteiger partial charge in [0, 0.05) is 4.90 Å². The zero-order chi connectivity index (χ0) is 14.4. The van der Waals surface area contributed by atoms with Crippen LogP contribution in [0.25, 0.3) is 0 Å². The Bertz CT molecular complexity index is 563. The minimum atomic E-state index is -1.11. The quantitative estimate of drug-likeness (QED) is 0.853. The zero-order valence-electron chi connectivity index (χ0n) is 11.7. The number of ether oxygens (including phenoxy) is 1. The van der Waals surface area contributed by atoms with E-state index in [-0.39, 0.29) is 0 Å². The molecule has 0 aliphatic rings. The van der Waals surface area contributed by atoms with Gasteiger partial charge in [-0.1, -0.05) is 6.92 Å². The van der Waals surface area contributed by atoms with Crippen molar-refractivity contribution in [3.63, 3.8) is 0 Å². The second-order valence-corrected chi connectivity index (χ2v) is 5.76. The van der Waals surface area contributed by atoms with E-state index in [1.165, 1.54) is 0 Å². The molecule has 0 bridgehead atoms. The molecule has 2 rings (SSSR count). The summed E-state index contributed by atoms with van der Waals surface area (Å²) in [4.78, 5) is 0.774. The van der Waals surface area contributed by atoms with E-state index in [4.69, 9.17) is 9.15 Å². The Labute approximate surface area is 121 Å². The first-order valence-electron chi connectivity index (χ1n) is 6.53. The summed E-state index contributed by atoms with van der Waals surface area (Å²) in [5.41, 5.74) is 0. The Morgan fingerprint density at radius 3 is 2.50 bits per heavy atom. The van der Waals surface area contributed by atoms with Crippen molar-refractivity contribution >= 4 is 10.8 Å². The molecular weight excluding hydrogens is 274 g/mol. The van der Waals surface area contributed by atoms with E-state index in [0.717, 1.165) is 28.7 Å². The number of benzene rings is 1. The smallest absolute Gasteiger partial charge is 0.118 e. The lowest BCUT2D eigenvalue weighted by Crippen LogP contribution is -2.10. The number of rotatable bonds is 7. The predicted octanol–water partition coefficient (Wildman–Crippen LogP) is 2.71. The number of nitrogens with one attached hydrogen (secondary N) is 1. The molecule has 0 fully saturated rings. The maximum atomic E-state index is 12.2. The van der Waals surface area contributed by atoms with Gasteiger partial charge in [0.15, 0.2) is 0 Å². The van der Waals surface area contributed by atoms with Gasteiger partial charge in [-0.3, -0.25) is 4.21 Å². The number of hydrogen-bond acceptors (Lipinski definition) is 4. The van der Waals surface area contributed by atoms with Gasteiger partial charge < -0.3 is 14.5 Å². The Hall–Kier alpha value is -1.59. The maximum Gasteiger partial charge on any atom is 0.118 e. The lowest BCUT2D eigenvalue weighted by atomic mass is 10.3. The van der Waals surface area contributed by atoms with Crippen LogP contribution in [-0.4, -0.2) is 17.9 Å². The Morgan fingerprint density at radius 2 is 1.85 bits per heavy atom. The van der Waals surface area contributed by atoms with Crippen LogP contribution in [-0.2, 0) is 23.1 Å². The van der Waals surface area contributed by atoms with E-state index in [2.05, 4.69) is 5.32 Å². The third-order valence-corrected chi connectivity index (χ3v) is 4.21. The molecule has 0 saturated carbocycles.